The van der Waals surface area contributed by atoms with Gasteiger partial charge in [-0.3, -0.25) is 9.69 Å². The van der Waals surface area contributed by atoms with Gasteiger partial charge in [-0.15, -0.1) is 0 Å². The van der Waals surface area contributed by atoms with E-state index in [2.05, 4.69) is 27.4 Å². The Labute approximate surface area is 207 Å². The lowest BCUT2D eigenvalue weighted by Gasteiger charge is -2.36. The van der Waals surface area contributed by atoms with Gasteiger partial charge in [0.1, 0.15) is 17.1 Å². The summed E-state index contributed by atoms with van der Waals surface area (Å²) in [5, 5.41) is 7.17. The summed E-state index contributed by atoms with van der Waals surface area (Å²) in [6.07, 6.45) is -3.49. The Morgan fingerprint density at radius 2 is 1.83 bits per heavy atom. The second-order valence-corrected chi connectivity index (χ2v) is 9.17. The Morgan fingerprint density at radius 3 is 2.53 bits per heavy atom. The number of methoxy groups -OCH3 is 1. The van der Waals surface area contributed by atoms with E-state index in [1.54, 1.807) is 29.2 Å². The molecule has 1 fully saturated rings. The number of anilines is 1. The summed E-state index contributed by atoms with van der Waals surface area (Å²) in [5.41, 5.74) is 2.02. The average Bonchev–Trinajstić information content (AvgIpc) is 3.32. The van der Waals surface area contributed by atoms with Crippen LogP contribution in [-0.2, 0) is 6.54 Å². The summed E-state index contributed by atoms with van der Waals surface area (Å²) in [6, 6.07) is 14.6. The number of aromatic nitrogens is 2. The highest BCUT2D eigenvalue weighted by Gasteiger charge is 2.47. The Bertz CT molecular complexity index is 1210. The molecule has 2 aliphatic rings. The van der Waals surface area contributed by atoms with Crippen molar-refractivity contribution in [2.45, 2.75) is 31.2 Å². The molecule has 3 heterocycles. The monoisotopic (exact) mass is 499 g/mol. The molecular formula is C26H28F3N5O2. The van der Waals surface area contributed by atoms with E-state index in [0.29, 0.717) is 37.5 Å². The van der Waals surface area contributed by atoms with Crippen LogP contribution >= 0.6 is 0 Å². The molecule has 36 heavy (non-hydrogen) atoms. The molecule has 190 valence electrons. The zero-order valence-electron chi connectivity index (χ0n) is 19.9. The van der Waals surface area contributed by atoms with Gasteiger partial charge in [0.15, 0.2) is 6.04 Å². The van der Waals surface area contributed by atoms with E-state index in [-0.39, 0.29) is 23.7 Å². The van der Waals surface area contributed by atoms with Crippen molar-refractivity contribution in [3.05, 3.63) is 77.5 Å². The van der Waals surface area contributed by atoms with Crippen LogP contribution in [0.1, 0.15) is 40.0 Å². The number of nitrogens with zero attached hydrogens (tertiary/aromatic N) is 4. The number of rotatable bonds is 5. The normalized spacial score (nSPS) is 20.5. The minimum Gasteiger partial charge on any atom is -0.497 e. The van der Waals surface area contributed by atoms with Crippen LogP contribution in [0, 0.1) is 0 Å². The number of hydrogen-bond acceptors (Lipinski definition) is 5. The lowest BCUT2D eigenvalue weighted by atomic mass is 9.96. The Hall–Kier alpha value is -3.53. The first-order valence-corrected chi connectivity index (χ1v) is 11.9. The number of carbonyl (C=O) groups is 1. The van der Waals surface area contributed by atoms with E-state index in [1.165, 1.54) is 18.9 Å². The standard InChI is InChI=1S/C26H28F3N5O2/c1-36-20-9-5-8-19(14-20)22-15-23(26(27,28)29)34-24(31-22)21(16-30-34)25(35)33-12-10-32(11-13-33)17-18-6-3-2-4-7-18/h2-9,14,16,22-23,31H,10-13,15,17H2,1H3. The number of amides is 1. The maximum absolute atomic E-state index is 14.0. The molecule has 5 rings (SSSR count). The molecule has 2 atom stereocenters. The predicted molar refractivity (Wildman–Crippen MR) is 129 cm³/mol. The fraction of sp³-hybridized carbons (Fsp3) is 0.385. The van der Waals surface area contributed by atoms with Gasteiger partial charge >= 0.3 is 6.18 Å². The van der Waals surface area contributed by atoms with Gasteiger partial charge in [-0.25, -0.2) is 4.68 Å². The number of piperazine rings is 1. The number of halogens is 3. The first-order valence-electron chi connectivity index (χ1n) is 11.9. The molecule has 2 aliphatic heterocycles. The Kier molecular flexibility index (Phi) is 6.61. The lowest BCUT2D eigenvalue weighted by molar-refractivity contribution is -0.173. The first kappa shape index (κ1) is 24.2. The second-order valence-electron chi connectivity index (χ2n) is 9.17. The van der Waals surface area contributed by atoms with Crippen molar-refractivity contribution in [2.75, 3.05) is 38.6 Å². The fourth-order valence-corrected chi connectivity index (χ4v) is 4.92. The number of fused-ring (bicyclic) bond motifs is 1. The number of ether oxygens (including phenoxy) is 1. The van der Waals surface area contributed by atoms with Gasteiger partial charge in [-0.05, 0) is 23.3 Å². The van der Waals surface area contributed by atoms with Crippen LogP contribution in [0.15, 0.2) is 60.8 Å². The third kappa shape index (κ3) is 4.90. The van der Waals surface area contributed by atoms with E-state index in [9.17, 15) is 18.0 Å². The van der Waals surface area contributed by atoms with Crippen LogP contribution in [-0.4, -0.2) is 65.0 Å². The quantitative estimate of drug-likeness (QED) is 0.560. The van der Waals surface area contributed by atoms with Gasteiger partial charge in [0.05, 0.1) is 19.3 Å². The molecule has 2 unspecified atom stereocenters. The van der Waals surface area contributed by atoms with Crippen molar-refractivity contribution in [2.24, 2.45) is 0 Å². The molecule has 10 heteroatoms. The van der Waals surface area contributed by atoms with Crippen molar-refractivity contribution in [3.63, 3.8) is 0 Å². The van der Waals surface area contributed by atoms with Crippen molar-refractivity contribution in [1.82, 2.24) is 19.6 Å². The molecule has 0 saturated carbocycles. The summed E-state index contributed by atoms with van der Waals surface area (Å²) < 4.78 is 48.2. The molecule has 1 N–H and O–H groups in total. The summed E-state index contributed by atoms with van der Waals surface area (Å²) in [7, 11) is 1.51. The molecule has 1 aromatic heterocycles. The number of nitrogens with one attached hydrogen (secondary N) is 1. The molecule has 0 aliphatic carbocycles. The van der Waals surface area contributed by atoms with Crippen molar-refractivity contribution in [1.29, 1.82) is 0 Å². The molecule has 2 aromatic carbocycles. The molecule has 0 bridgehead atoms. The summed E-state index contributed by atoms with van der Waals surface area (Å²) in [6.45, 7) is 3.17. The van der Waals surface area contributed by atoms with Gasteiger partial charge in [0.2, 0.25) is 0 Å². The largest absolute Gasteiger partial charge is 0.497 e. The van der Waals surface area contributed by atoms with Crippen molar-refractivity contribution >= 4 is 11.7 Å². The molecule has 1 amide bonds. The number of alkyl halides is 3. The molecule has 1 saturated heterocycles. The summed E-state index contributed by atoms with van der Waals surface area (Å²) in [5.74, 6) is 0.352. The minimum absolute atomic E-state index is 0.105. The van der Waals surface area contributed by atoms with E-state index in [1.807, 2.05) is 18.2 Å². The highest BCUT2D eigenvalue weighted by Crippen LogP contribution is 2.44. The van der Waals surface area contributed by atoms with Crippen molar-refractivity contribution in [3.8, 4) is 5.75 Å². The van der Waals surface area contributed by atoms with Gasteiger partial charge < -0.3 is 15.0 Å². The number of benzene rings is 2. The smallest absolute Gasteiger partial charge is 0.410 e. The van der Waals surface area contributed by atoms with Crippen LogP contribution in [0.5, 0.6) is 5.75 Å². The third-order valence-corrected chi connectivity index (χ3v) is 6.87. The Balaban J connectivity index is 1.35. The third-order valence-electron chi connectivity index (χ3n) is 6.87. The fourth-order valence-electron chi connectivity index (χ4n) is 4.92. The van der Waals surface area contributed by atoms with Crippen LogP contribution in [0.2, 0.25) is 0 Å². The minimum atomic E-state index is -4.51. The lowest BCUT2D eigenvalue weighted by Crippen LogP contribution is -2.48. The van der Waals surface area contributed by atoms with Crippen LogP contribution < -0.4 is 10.1 Å². The number of hydrogen-bond donors (Lipinski definition) is 1. The van der Waals surface area contributed by atoms with Crippen LogP contribution in [0.4, 0.5) is 19.0 Å². The predicted octanol–water partition coefficient (Wildman–Crippen LogP) is 4.51. The molecule has 7 nitrogen and oxygen atoms in total. The summed E-state index contributed by atoms with van der Waals surface area (Å²) >= 11 is 0. The van der Waals surface area contributed by atoms with Crippen LogP contribution in [0.25, 0.3) is 0 Å². The van der Waals surface area contributed by atoms with E-state index < -0.39 is 18.3 Å². The number of carbonyl (C=O) groups excluding carboxylic acids is 1. The first-order chi connectivity index (χ1) is 17.3. The van der Waals surface area contributed by atoms with Gasteiger partial charge in [0, 0.05) is 39.1 Å². The SMILES string of the molecule is COc1cccc(C2CC(C(F)(F)F)n3ncc(C(=O)N4CCN(Cc5ccccc5)CC4)c3N2)c1. The highest BCUT2D eigenvalue weighted by atomic mass is 19.4. The van der Waals surface area contributed by atoms with Gasteiger partial charge in [-0.2, -0.15) is 18.3 Å². The van der Waals surface area contributed by atoms with Crippen LogP contribution in [0.3, 0.4) is 0 Å². The maximum Gasteiger partial charge on any atom is 0.410 e. The summed E-state index contributed by atoms with van der Waals surface area (Å²) in [4.78, 5) is 17.4. The molecule has 3 aromatic rings. The zero-order valence-corrected chi connectivity index (χ0v) is 19.9. The van der Waals surface area contributed by atoms with E-state index in [0.717, 1.165) is 11.2 Å². The molecule has 0 spiro atoms. The Morgan fingerprint density at radius 1 is 1.08 bits per heavy atom. The zero-order chi connectivity index (χ0) is 25.3. The van der Waals surface area contributed by atoms with Gasteiger partial charge in [0.25, 0.3) is 5.91 Å². The maximum atomic E-state index is 14.0. The van der Waals surface area contributed by atoms with E-state index >= 15 is 0 Å². The van der Waals surface area contributed by atoms with Crippen molar-refractivity contribution < 1.29 is 22.7 Å². The second kappa shape index (κ2) is 9.85. The topological polar surface area (TPSA) is 62.6 Å². The highest BCUT2D eigenvalue weighted by molar-refractivity contribution is 5.99. The molecular weight excluding hydrogens is 471 g/mol. The van der Waals surface area contributed by atoms with Gasteiger partial charge in [-0.1, -0.05) is 42.5 Å². The average molecular weight is 500 g/mol. The van der Waals surface area contributed by atoms with E-state index in [4.69, 9.17) is 4.74 Å². The molecule has 0 radical (unpaired) electrons.